The molecule has 0 radical (unpaired) electrons. The van der Waals surface area contributed by atoms with Crippen molar-refractivity contribution >= 4 is 23.1 Å². The zero-order valence-corrected chi connectivity index (χ0v) is 12.0. The van der Waals surface area contributed by atoms with Crippen LogP contribution < -0.4 is 4.74 Å². The fraction of sp³-hybridized carbons (Fsp3) is 0.133. The van der Waals surface area contributed by atoms with Crippen molar-refractivity contribution in [1.29, 1.82) is 0 Å². The van der Waals surface area contributed by atoms with E-state index in [4.69, 9.17) is 16.3 Å². The molecule has 0 N–H and O–H groups in total. The van der Waals surface area contributed by atoms with E-state index in [2.05, 4.69) is 0 Å². The van der Waals surface area contributed by atoms with Crippen LogP contribution in [0, 0.1) is 17.0 Å². The molecule has 6 heteroatoms. The van der Waals surface area contributed by atoms with Crippen LogP contribution in [0.4, 0.5) is 5.69 Å². The van der Waals surface area contributed by atoms with E-state index < -0.39 is 4.92 Å². The van der Waals surface area contributed by atoms with Crippen molar-refractivity contribution < 1.29 is 14.5 Å². The van der Waals surface area contributed by atoms with Gasteiger partial charge in [0.2, 0.25) is 0 Å². The monoisotopic (exact) mass is 305 g/mol. The van der Waals surface area contributed by atoms with Gasteiger partial charge in [-0.3, -0.25) is 14.9 Å². The zero-order valence-electron chi connectivity index (χ0n) is 11.2. The molecule has 5 nitrogen and oxygen atoms in total. The van der Waals surface area contributed by atoms with Crippen LogP contribution in [-0.4, -0.2) is 17.3 Å². The maximum Gasteiger partial charge on any atom is 0.311 e. The zero-order chi connectivity index (χ0) is 15.4. The lowest BCUT2D eigenvalue weighted by molar-refractivity contribution is -0.385. The fourth-order valence-electron chi connectivity index (χ4n) is 1.86. The Kier molecular flexibility index (Phi) is 4.55. The van der Waals surface area contributed by atoms with E-state index in [1.165, 1.54) is 18.2 Å². The molecule has 0 spiro atoms. The molecular weight excluding hydrogens is 294 g/mol. The summed E-state index contributed by atoms with van der Waals surface area (Å²) in [7, 11) is 0. The highest BCUT2D eigenvalue weighted by atomic mass is 35.5. The van der Waals surface area contributed by atoms with E-state index in [1.807, 2.05) is 19.1 Å². The molecule has 0 aromatic heterocycles. The molecular formula is C15H12ClNO4. The Hall–Kier alpha value is -2.40. The van der Waals surface area contributed by atoms with Gasteiger partial charge in [-0.15, -0.1) is 0 Å². The van der Waals surface area contributed by atoms with Gasteiger partial charge in [-0.25, -0.2) is 0 Å². The maximum absolute atomic E-state index is 12.1. The minimum atomic E-state index is -0.579. The molecule has 0 amide bonds. The predicted octanol–water partition coefficient (Wildman–Crippen LogP) is 3.82. The van der Waals surface area contributed by atoms with Crippen LogP contribution in [0.25, 0.3) is 0 Å². The Morgan fingerprint density at radius 3 is 2.67 bits per heavy atom. The molecule has 108 valence electrons. The van der Waals surface area contributed by atoms with Crippen molar-refractivity contribution in [2.24, 2.45) is 0 Å². The number of hydrogen-bond acceptors (Lipinski definition) is 4. The average Bonchev–Trinajstić information content (AvgIpc) is 2.45. The van der Waals surface area contributed by atoms with Gasteiger partial charge in [0.1, 0.15) is 0 Å². The molecule has 0 fully saturated rings. The molecule has 21 heavy (non-hydrogen) atoms. The predicted molar refractivity (Wildman–Crippen MR) is 79.1 cm³/mol. The van der Waals surface area contributed by atoms with Crippen molar-refractivity contribution in [2.45, 2.75) is 6.92 Å². The van der Waals surface area contributed by atoms with Crippen molar-refractivity contribution in [3.05, 3.63) is 68.7 Å². The average molecular weight is 306 g/mol. The summed E-state index contributed by atoms with van der Waals surface area (Å²) in [4.78, 5) is 22.4. The third-order valence-electron chi connectivity index (χ3n) is 2.92. The molecule has 0 bridgehead atoms. The second-order valence-corrected chi connectivity index (χ2v) is 4.83. The highest BCUT2D eigenvalue weighted by Crippen LogP contribution is 2.30. The highest BCUT2D eigenvalue weighted by Gasteiger charge is 2.17. The summed E-state index contributed by atoms with van der Waals surface area (Å²) >= 11 is 5.79. The third-order valence-corrected chi connectivity index (χ3v) is 3.16. The lowest BCUT2D eigenvalue weighted by Crippen LogP contribution is -2.13. The van der Waals surface area contributed by atoms with Gasteiger partial charge in [-0.2, -0.15) is 0 Å². The van der Waals surface area contributed by atoms with Gasteiger partial charge in [0.15, 0.2) is 18.1 Å². The summed E-state index contributed by atoms with van der Waals surface area (Å²) in [6.45, 7) is 1.53. The third kappa shape index (κ3) is 3.58. The van der Waals surface area contributed by atoms with Crippen LogP contribution in [0.3, 0.4) is 0 Å². The smallest absolute Gasteiger partial charge is 0.311 e. The first kappa shape index (κ1) is 15.0. The summed E-state index contributed by atoms with van der Waals surface area (Å²) in [5.74, 6) is -0.267. The molecule has 0 atom stereocenters. The van der Waals surface area contributed by atoms with E-state index in [0.717, 1.165) is 5.56 Å². The van der Waals surface area contributed by atoms with Crippen molar-refractivity contribution in [1.82, 2.24) is 0 Å². The number of carbonyl (C=O) groups is 1. The van der Waals surface area contributed by atoms with E-state index in [9.17, 15) is 14.9 Å². The summed E-state index contributed by atoms with van der Waals surface area (Å²) in [5.41, 5.74) is 1.13. The number of benzene rings is 2. The van der Waals surface area contributed by atoms with Crippen LogP contribution in [0.15, 0.2) is 42.5 Å². The molecule has 0 aliphatic rings. The van der Waals surface area contributed by atoms with Gasteiger partial charge in [0.05, 0.1) is 4.92 Å². The van der Waals surface area contributed by atoms with Gasteiger partial charge in [0.25, 0.3) is 0 Å². The second-order valence-electron chi connectivity index (χ2n) is 4.40. The van der Waals surface area contributed by atoms with Gasteiger partial charge in [-0.05, 0) is 18.6 Å². The SMILES string of the molecule is Cc1ccccc1C(=O)COc1cc(Cl)ccc1[N+](=O)[O-]. The number of ether oxygens (including phenoxy) is 1. The minimum absolute atomic E-state index is 0.0190. The molecule has 0 heterocycles. The molecule has 0 aliphatic heterocycles. The minimum Gasteiger partial charge on any atom is -0.478 e. The number of aryl methyl sites for hydroxylation is 1. The fourth-order valence-corrected chi connectivity index (χ4v) is 2.02. The van der Waals surface area contributed by atoms with Crippen LogP contribution in [-0.2, 0) is 0 Å². The molecule has 0 saturated heterocycles. The Balaban J connectivity index is 2.17. The number of nitro groups is 1. The molecule has 2 aromatic carbocycles. The van der Waals surface area contributed by atoms with E-state index in [1.54, 1.807) is 12.1 Å². The number of carbonyl (C=O) groups excluding carboxylic acids is 1. The van der Waals surface area contributed by atoms with E-state index in [0.29, 0.717) is 10.6 Å². The molecule has 2 rings (SSSR count). The van der Waals surface area contributed by atoms with Gasteiger partial charge < -0.3 is 4.74 Å². The van der Waals surface area contributed by atoms with Crippen LogP contribution in [0.5, 0.6) is 5.75 Å². The second kappa shape index (κ2) is 6.37. The number of nitrogens with zero attached hydrogens (tertiary/aromatic N) is 1. The molecule has 2 aromatic rings. The lowest BCUT2D eigenvalue weighted by Gasteiger charge is -2.08. The first-order valence-electron chi connectivity index (χ1n) is 6.14. The van der Waals surface area contributed by atoms with E-state index >= 15 is 0 Å². The number of Topliss-reactive ketones (excluding diaryl/α,β-unsaturated/α-hetero) is 1. The topological polar surface area (TPSA) is 69.4 Å². The first-order chi connectivity index (χ1) is 9.99. The number of nitro benzene ring substituents is 1. The van der Waals surface area contributed by atoms with Gasteiger partial charge in [-0.1, -0.05) is 35.9 Å². The van der Waals surface area contributed by atoms with Gasteiger partial charge >= 0.3 is 5.69 Å². The number of hydrogen-bond donors (Lipinski definition) is 0. The Morgan fingerprint density at radius 2 is 2.00 bits per heavy atom. The molecule has 0 aliphatic carbocycles. The Morgan fingerprint density at radius 1 is 1.29 bits per heavy atom. The van der Waals surface area contributed by atoms with Crippen molar-refractivity contribution in [2.75, 3.05) is 6.61 Å². The van der Waals surface area contributed by atoms with E-state index in [-0.39, 0.29) is 23.8 Å². The largest absolute Gasteiger partial charge is 0.478 e. The summed E-state index contributed by atoms with van der Waals surface area (Å²) in [6.07, 6.45) is 0. The molecule has 0 saturated carbocycles. The first-order valence-corrected chi connectivity index (χ1v) is 6.52. The standard InChI is InChI=1S/C15H12ClNO4/c1-10-4-2-3-5-12(10)14(18)9-21-15-8-11(16)6-7-13(15)17(19)20/h2-8H,9H2,1H3. The molecule has 0 unspecified atom stereocenters. The Labute approximate surface area is 126 Å². The summed E-state index contributed by atoms with van der Waals surface area (Å²) < 4.78 is 5.27. The number of halogens is 1. The quantitative estimate of drug-likeness (QED) is 0.478. The number of rotatable bonds is 5. The van der Waals surface area contributed by atoms with Gasteiger partial charge in [0, 0.05) is 22.7 Å². The van der Waals surface area contributed by atoms with Crippen molar-refractivity contribution in [3.63, 3.8) is 0 Å². The van der Waals surface area contributed by atoms with Crippen LogP contribution >= 0.6 is 11.6 Å². The number of ketones is 1. The van der Waals surface area contributed by atoms with Crippen LogP contribution in [0.1, 0.15) is 15.9 Å². The summed E-state index contributed by atoms with van der Waals surface area (Å²) in [6, 6.07) is 11.1. The normalized spacial score (nSPS) is 10.2. The highest BCUT2D eigenvalue weighted by molar-refractivity contribution is 6.30. The Bertz CT molecular complexity index is 700. The summed E-state index contributed by atoms with van der Waals surface area (Å²) in [5, 5.41) is 11.2. The van der Waals surface area contributed by atoms with Crippen molar-refractivity contribution in [3.8, 4) is 5.75 Å². The maximum atomic E-state index is 12.1. The van der Waals surface area contributed by atoms with Crippen LogP contribution in [0.2, 0.25) is 5.02 Å². The lowest BCUT2D eigenvalue weighted by atomic mass is 10.1.